The van der Waals surface area contributed by atoms with Crippen molar-refractivity contribution in [3.8, 4) is 12.3 Å². The first-order valence-corrected chi connectivity index (χ1v) is 7.18. The molecular formula is C17H17NO3. The number of amides is 1. The number of rotatable bonds is 4. The van der Waals surface area contributed by atoms with Gasteiger partial charge in [0.25, 0.3) is 0 Å². The second-order valence-electron chi connectivity index (χ2n) is 5.76. The maximum Gasteiger partial charge on any atom is 0.327 e. The van der Waals surface area contributed by atoms with Crippen molar-refractivity contribution in [2.24, 2.45) is 11.8 Å². The van der Waals surface area contributed by atoms with Crippen molar-refractivity contribution >= 4 is 11.9 Å². The minimum Gasteiger partial charge on any atom is -0.480 e. The molecule has 0 radical (unpaired) electrons. The van der Waals surface area contributed by atoms with Crippen LogP contribution in [0.4, 0.5) is 0 Å². The van der Waals surface area contributed by atoms with Gasteiger partial charge in [0.05, 0.1) is 0 Å². The normalized spacial score (nSPS) is 26.7. The standard InChI is InChI=1S/C17H17NO3/c1-2-5-13(17(20)21)18-16(19)15-12-9-8-10-6-3-4-7-11(10)14(12)15/h1,3-4,6-7,12-15H,5,8-9H2,(H,18,19)(H,20,21). The van der Waals surface area contributed by atoms with E-state index in [1.54, 1.807) is 0 Å². The molecule has 2 aliphatic rings. The third kappa shape index (κ3) is 2.40. The first kappa shape index (κ1) is 13.7. The highest BCUT2D eigenvalue weighted by Crippen LogP contribution is 2.59. The van der Waals surface area contributed by atoms with E-state index in [-0.39, 0.29) is 24.2 Å². The molecule has 1 amide bonds. The van der Waals surface area contributed by atoms with Gasteiger partial charge in [0.1, 0.15) is 6.04 Å². The zero-order chi connectivity index (χ0) is 15.0. The van der Waals surface area contributed by atoms with E-state index in [0.29, 0.717) is 5.92 Å². The van der Waals surface area contributed by atoms with Crippen molar-refractivity contribution in [3.63, 3.8) is 0 Å². The Balaban J connectivity index is 1.72. The molecule has 0 aliphatic heterocycles. The van der Waals surface area contributed by atoms with Crippen LogP contribution < -0.4 is 5.32 Å². The topological polar surface area (TPSA) is 66.4 Å². The highest BCUT2D eigenvalue weighted by atomic mass is 16.4. The summed E-state index contributed by atoms with van der Waals surface area (Å²) in [5.41, 5.74) is 2.56. The molecule has 4 unspecified atom stereocenters. The molecule has 2 aliphatic carbocycles. The molecule has 4 atom stereocenters. The SMILES string of the molecule is C#CCC(NC(=O)C1C2CCc3ccccc3C21)C(=O)O. The highest BCUT2D eigenvalue weighted by Gasteiger charge is 2.57. The van der Waals surface area contributed by atoms with Crippen molar-refractivity contribution in [2.45, 2.75) is 31.2 Å². The summed E-state index contributed by atoms with van der Waals surface area (Å²) in [6, 6.07) is 7.21. The third-order valence-electron chi connectivity index (χ3n) is 4.57. The van der Waals surface area contributed by atoms with Gasteiger partial charge in [-0.3, -0.25) is 4.79 Å². The van der Waals surface area contributed by atoms with Gasteiger partial charge in [0.15, 0.2) is 0 Å². The molecule has 4 nitrogen and oxygen atoms in total. The van der Waals surface area contributed by atoms with Crippen molar-refractivity contribution in [1.82, 2.24) is 5.32 Å². The Kier molecular flexibility index (Phi) is 3.42. The summed E-state index contributed by atoms with van der Waals surface area (Å²) in [4.78, 5) is 23.4. The van der Waals surface area contributed by atoms with Gasteiger partial charge in [-0.05, 0) is 35.8 Å². The Morgan fingerprint density at radius 3 is 2.90 bits per heavy atom. The van der Waals surface area contributed by atoms with Crippen molar-refractivity contribution in [2.75, 3.05) is 0 Å². The van der Waals surface area contributed by atoms with E-state index in [4.69, 9.17) is 11.5 Å². The van der Waals surface area contributed by atoms with Crippen LogP contribution in [0.2, 0.25) is 0 Å². The predicted molar refractivity (Wildman–Crippen MR) is 77.5 cm³/mol. The third-order valence-corrected chi connectivity index (χ3v) is 4.57. The first-order chi connectivity index (χ1) is 10.1. The van der Waals surface area contributed by atoms with E-state index >= 15 is 0 Å². The van der Waals surface area contributed by atoms with Crippen molar-refractivity contribution < 1.29 is 14.7 Å². The Bertz CT molecular complexity index is 631. The molecule has 1 aromatic carbocycles. The van der Waals surface area contributed by atoms with Gasteiger partial charge in [-0.1, -0.05) is 24.3 Å². The van der Waals surface area contributed by atoms with Gasteiger partial charge in [-0.25, -0.2) is 4.79 Å². The zero-order valence-corrected chi connectivity index (χ0v) is 11.6. The minimum absolute atomic E-state index is 0.0136. The van der Waals surface area contributed by atoms with Crippen LogP contribution in [-0.4, -0.2) is 23.0 Å². The van der Waals surface area contributed by atoms with E-state index in [0.717, 1.165) is 12.8 Å². The lowest BCUT2D eigenvalue weighted by Gasteiger charge is -2.13. The van der Waals surface area contributed by atoms with Crippen LogP contribution in [0.15, 0.2) is 24.3 Å². The minimum atomic E-state index is -1.08. The molecule has 1 fully saturated rings. The Morgan fingerprint density at radius 1 is 1.43 bits per heavy atom. The summed E-state index contributed by atoms with van der Waals surface area (Å²) < 4.78 is 0. The molecule has 0 aromatic heterocycles. The lowest BCUT2D eigenvalue weighted by atomic mass is 9.92. The Morgan fingerprint density at radius 2 is 2.19 bits per heavy atom. The maximum atomic E-state index is 12.3. The molecule has 21 heavy (non-hydrogen) atoms. The summed E-state index contributed by atoms with van der Waals surface area (Å²) >= 11 is 0. The van der Waals surface area contributed by atoms with E-state index < -0.39 is 12.0 Å². The highest BCUT2D eigenvalue weighted by molar-refractivity contribution is 5.88. The number of carbonyl (C=O) groups is 2. The second kappa shape index (κ2) is 5.25. The monoisotopic (exact) mass is 283 g/mol. The number of aryl methyl sites for hydroxylation is 1. The summed E-state index contributed by atoms with van der Waals surface area (Å²) in [7, 11) is 0. The average Bonchev–Trinajstić information content (AvgIpc) is 3.21. The van der Waals surface area contributed by atoms with Crippen LogP contribution in [0.25, 0.3) is 0 Å². The fourth-order valence-corrected chi connectivity index (χ4v) is 3.51. The van der Waals surface area contributed by atoms with E-state index in [1.165, 1.54) is 11.1 Å². The molecule has 108 valence electrons. The van der Waals surface area contributed by atoms with E-state index in [9.17, 15) is 9.59 Å². The zero-order valence-electron chi connectivity index (χ0n) is 11.6. The van der Waals surface area contributed by atoms with Gasteiger partial charge in [-0.15, -0.1) is 12.3 Å². The molecular weight excluding hydrogens is 266 g/mol. The average molecular weight is 283 g/mol. The largest absolute Gasteiger partial charge is 0.480 e. The fraction of sp³-hybridized carbons (Fsp3) is 0.412. The number of hydrogen-bond donors (Lipinski definition) is 2. The number of hydrogen-bond acceptors (Lipinski definition) is 2. The van der Waals surface area contributed by atoms with Gasteiger partial charge < -0.3 is 10.4 Å². The van der Waals surface area contributed by atoms with Gasteiger partial charge in [0.2, 0.25) is 5.91 Å². The summed E-state index contributed by atoms with van der Waals surface area (Å²) in [5, 5.41) is 11.6. The molecule has 3 rings (SSSR count). The smallest absolute Gasteiger partial charge is 0.327 e. The Hall–Kier alpha value is -2.28. The van der Waals surface area contributed by atoms with Crippen molar-refractivity contribution in [3.05, 3.63) is 35.4 Å². The summed E-state index contributed by atoms with van der Waals surface area (Å²) in [6.07, 6.45) is 7.15. The van der Waals surface area contributed by atoms with Crippen molar-refractivity contribution in [1.29, 1.82) is 0 Å². The number of terminal acetylenes is 1. The molecule has 0 heterocycles. The number of carboxylic acid groups (broad SMARTS) is 1. The fourth-order valence-electron chi connectivity index (χ4n) is 3.51. The first-order valence-electron chi connectivity index (χ1n) is 7.18. The number of nitrogens with one attached hydrogen (secondary N) is 1. The molecule has 4 heteroatoms. The number of carboxylic acids is 1. The summed E-state index contributed by atoms with van der Waals surface area (Å²) in [5.74, 6) is 1.53. The maximum absolute atomic E-state index is 12.3. The van der Waals surface area contributed by atoms with Gasteiger partial charge in [-0.2, -0.15) is 0 Å². The molecule has 0 spiro atoms. The van der Waals surface area contributed by atoms with E-state index in [1.807, 2.05) is 12.1 Å². The lowest BCUT2D eigenvalue weighted by Crippen LogP contribution is -2.41. The van der Waals surface area contributed by atoms with Gasteiger partial charge >= 0.3 is 5.97 Å². The second-order valence-corrected chi connectivity index (χ2v) is 5.76. The lowest BCUT2D eigenvalue weighted by molar-refractivity contribution is -0.141. The molecule has 1 aromatic rings. The summed E-state index contributed by atoms with van der Waals surface area (Å²) in [6.45, 7) is 0. The number of fused-ring (bicyclic) bond motifs is 3. The van der Waals surface area contributed by atoms with Crippen LogP contribution in [0.3, 0.4) is 0 Å². The Labute approximate surface area is 123 Å². The van der Waals surface area contributed by atoms with Crippen LogP contribution in [0.5, 0.6) is 0 Å². The molecule has 2 N–H and O–H groups in total. The van der Waals surface area contributed by atoms with Crippen LogP contribution in [0.1, 0.15) is 29.9 Å². The van der Waals surface area contributed by atoms with Crippen LogP contribution >= 0.6 is 0 Å². The molecule has 1 saturated carbocycles. The van der Waals surface area contributed by atoms with Gasteiger partial charge in [0, 0.05) is 12.3 Å². The van der Waals surface area contributed by atoms with Crippen LogP contribution in [-0.2, 0) is 16.0 Å². The quantitative estimate of drug-likeness (QED) is 0.824. The number of aliphatic carboxylic acids is 1. The molecule has 0 bridgehead atoms. The molecule has 0 saturated heterocycles. The van der Waals surface area contributed by atoms with Crippen LogP contribution in [0, 0.1) is 24.2 Å². The van der Waals surface area contributed by atoms with E-state index in [2.05, 4.69) is 23.4 Å². The number of benzene rings is 1. The predicted octanol–water partition coefficient (Wildman–Crippen LogP) is 1.56. The number of carbonyl (C=O) groups excluding carboxylic acids is 1.